The van der Waals surface area contributed by atoms with Crippen molar-refractivity contribution in [2.75, 3.05) is 20.2 Å². The minimum Gasteiger partial charge on any atom is -0.367 e. The van der Waals surface area contributed by atoms with Gasteiger partial charge in [0.25, 0.3) is 0 Å². The first-order valence-electron chi connectivity index (χ1n) is 5.66. The van der Waals surface area contributed by atoms with Crippen LogP contribution in [0.2, 0.25) is 0 Å². The van der Waals surface area contributed by atoms with Gasteiger partial charge in [-0.25, -0.2) is 0 Å². The van der Waals surface area contributed by atoms with Gasteiger partial charge in [0, 0.05) is 12.6 Å². The van der Waals surface area contributed by atoms with Crippen LogP contribution in [0.15, 0.2) is 0 Å². The third kappa shape index (κ3) is 4.70. The van der Waals surface area contributed by atoms with Crippen LogP contribution in [0.4, 0.5) is 13.2 Å². The molecule has 1 rings (SSSR count). The number of ether oxygens (including phenoxy) is 1. The van der Waals surface area contributed by atoms with Gasteiger partial charge in [-0.05, 0) is 25.8 Å². The van der Waals surface area contributed by atoms with Crippen LogP contribution >= 0.6 is 0 Å². The van der Waals surface area contributed by atoms with Crippen LogP contribution in [0.25, 0.3) is 0 Å². The van der Waals surface area contributed by atoms with E-state index in [1.54, 1.807) is 0 Å². The number of likely N-dealkylation sites (tertiary alicyclic amines) is 1. The minimum atomic E-state index is -4.21. The molecule has 5 heteroatoms. The van der Waals surface area contributed by atoms with Crippen molar-refractivity contribution < 1.29 is 17.9 Å². The van der Waals surface area contributed by atoms with E-state index in [2.05, 4.69) is 18.7 Å². The Labute approximate surface area is 94.8 Å². The Morgan fingerprint density at radius 1 is 1.38 bits per heavy atom. The summed E-state index contributed by atoms with van der Waals surface area (Å²) in [5.74, 6) is 0.564. The number of nitrogens with zero attached hydrogens (tertiary/aromatic N) is 1. The van der Waals surface area contributed by atoms with Gasteiger partial charge in [-0.15, -0.1) is 0 Å². The smallest absolute Gasteiger partial charge is 0.367 e. The lowest BCUT2D eigenvalue weighted by atomic mass is 10.0. The fraction of sp³-hybridized carbons (Fsp3) is 1.00. The van der Waals surface area contributed by atoms with Crippen LogP contribution in [0.1, 0.15) is 26.7 Å². The number of likely N-dealkylation sites (N-methyl/N-ethyl adjacent to an activating group) is 1. The zero-order valence-corrected chi connectivity index (χ0v) is 10.0. The summed E-state index contributed by atoms with van der Waals surface area (Å²) in [6.45, 7) is 3.73. The van der Waals surface area contributed by atoms with Gasteiger partial charge >= 0.3 is 6.18 Å². The molecule has 0 N–H and O–H groups in total. The molecular weight excluding hydrogens is 219 g/mol. The Bertz CT molecular complexity index is 218. The maximum Gasteiger partial charge on any atom is 0.411 e. The summed E-state index contributed by atoms with van der Waals surface area (Å²) in [6.07, 6.45) is -2.75. The molecule has 2 atom stereocenters. The highest BCUT2D eigenvalue weighted by atomic mass is 19.4. The molecule has 0 bridgehead atoms. The highest BCUT2D eigenvalue weighted by Gasteiger charge is 2.34. The van der Waals surface area contributed by atoms with E-state index in [0.717, 1.165) is 6.42 Å². The Balaban J connectivity index is 2.32. The molecule has 1 saturated heterocycles. The van der Waals surface area contributed by atoms with Crippen molar-refractivity contribution in [3.8, 4) is 0 Å². The first-order chi connectivity index (χ1) is 7.28. The highest BCUT2D eigenvalue weighted by molar-refractivity contribution is 4.84. The summed E-state index contributed by atoms with van der Waals surface area (Å²) < 4.78 is 40.8. The summed E-state index contributed by atoms with van der Waals surface area (Å²) in [5, 5.41) is 0. The molecule has 16 heavy (non-hydrogen) atoms. The second-order valence-electron chi connectivity index (χ2n) is 5.01. The van der Waals surface area contributed by atoms with Crippen LogP contribution in [-0.4, -0.2) is 43.4 Å². The molecule has 0 spiro atoms. The molecule has 0 radical (unpaired) electrons. The van der Waals surface area contributed by atoms with Crippen molar-refractivity contribution in [2.24, 2.45) is 5.92 Å². The van der Waals surface area contributed by atoms with E-state index in [1.807, 2.05) is 7.05 Å². The summed E-state index contributed by atoms with van der Waals surface area (Å²) in [4.78, 5) is 2.10. The van der Waals surface area contributed by atoms with Crippen molar-refractivity contribution in [1.82, 2.24) is 4.90 Å². The molecule has 1 heterocycles. The Kier molecular flexibility index (Phi) is 4.62. The Morgan fingerprint density at radius 3 is 2.50 bits per heavy atom. The van der Waals surface area contributed by atoms with Crippen molar-refractivity contribution in [1.29, 1.82) is 0 Å². The van der Waals surface area contributed by atoms with Gasteiger partial charge in [0.2, 0.25) is 0 Å². The zero-order chi connectivity index (χ0) is 12.3. The number of hydrogen-bond acceptors (Lipinski definition) is 2. The number of hydrogen-bond donors (Lipinski definition) is 0. The summed E-state index contributed by atoms with van der Waals surface area (Å²) in [5.41, 5.74) is 0. The molecule has 0 amide bonds. The lowest BCUT2D eigenvalue weighted by molar-refractivity contribution is -0.183. The lowest BCUT2D eigenvalue weighted by Gasteiger charge is -2.20. The second kappa shape index (κ2) is 5.36. The van der Waals surface area contributed by atoms with E-state index < -0.39 is 12.8 Å². The molecular formula is C11H20F3NO. The normalized spacial score (nSPS) is 27.9. The first kappa shape index (κ1) is 13.8. The third-order valence-corrected chi connectivity index (χ3v) is 2.88. The van der Waals surface area contributed by atoms with E-state index >= 15 is 0 Å². The molecule has 0 aromatic rings. The number of halogens is 3. The maximum atomic E-state index is 12.0. The predicted molar refractivity (Wildman–Crippen MR) is 56.3 cm³/mol. The van der Waals surface area contributed by atoms with Gasteiger partial charge < -0.3 is 9.64 Å². The summed E-state index contributed by atoms with van der Waals surface area (Å²) >= 11 is 0. The minimum absolute atomic E-state index is 0.268. The van der Waals surface area contributed by atoms with Gasteiger partial charge in [0.05, 0.1) is 6.10 Å². The summed E-state index contributed by atoms with van der Waals surface area (Å²) in [7, 11) is 1.95. The standard InChI is InChI=1S/C11H20F3NO/c1-8(2)4-9-5-10(6-15(9)3)16-7-11(12,13)14/h8-10H,4-7H2,1-3H3. The van der Waals surface area contributed by atoms with Gasteiger partial charge in [-0.2, -0.15) is 13.2 Å². The van der Waals surface area contributed by atoms with Crippen LogP contribution in [0.3, 0.4) is 0 Å². The van der Waals surface area contributed by atoms with Crippen molar-refractivity contribution in [3.05, 3.63) is 0 Å². The SMILES string of the molecule is CC(C)CC1CC(OCC(F)(F)F)CN1C. The molecule has 1 aliphatic heterocycles. The summed E-state index contributed by atoms with van der Waals surface area (Å²) in [6, 6.07) is 0.359. The van der Waals surface area contributed by atoms with Gasteiger partial charge in [0.15, 0.2) is 0 Å². The van der Waals surface area contributed by atoms with E-state index in [-0.39, 0.29) is 6.10 Å². The van der Waals surface area contributed by atoms with Gasteiger partial charge in [-0.1, -0.05) is 13.8 Å². The maximum absolute atomic E-state index is 12.0. The molecule has 0 saturated carbocycles. The molecule has 1 aliphatic rings. The van der Waals surface area contributed by atoms with Crippen LogP contribution in [0.5, 0.6) is 0 Å². The fourth-order valence-corrected chi connectivity index (χ4v) is 2.18. The topological polar surface area (TPSA) is 12.5 Å². The van der Waals surface area contributed by atoms with Gasteiger partial charge in [0.1, 0.15) is 6.61 Å². The molecule has 2 unspecified atom stereocenters. The van der Waals surface area contributed by atoms with Crippen LogP contribution in [0, 0.1) is 5.92 Å². The number of rotatable bonds is 4. The average Bonchev–Trinajstić information content (AvgIpc) is 2.42. The van der Waals surface area contributed by atoms with E-state index in [4.69, 9.17) is 4.74 Å². The predicted octanol–water partition coefficient (Wildman–Crippen LogP) is 2.68. The monoisotopic (exact) mass is 239 g/mol. The van der Waals surface area contributed by atoms with Crippen LogP contribution < -0.4 is 0 Å². The molecule has 0 aliphatic carbocycles. The molecule has 2 nitrogen and oxygen atoms in total. The molecule has 0 aromatic heterocycles. The Hall–Kier alpha value is -0.290. The first-order valence-corrected chi connectivity index (χ1v) is 5.66. The average molecular weight is 239 g/mol. The molecule has 96 valence electrons. The third-order valence-electron chi connectivity index (χ3n) is 2.88. The van der Waals surface area contributed by atoms with Gasteiger partial charge in [-0.3, -0.25) is 0 Å². The van der Waals surface area contributed by atoms with E-state index in [9.17, 15) is 13.2 Å². The van der Waals surface area contributed by atoms with E-state index in [0.29, 0.717) is 24.9 Å². The van der Waals surface area contributed by atoms with E-state index in [1.165, 1.54) is 0 Å². The lowest BCUT2D eigenvalue weighted by Crippen LogP contribution is -2.27. The second-order valence-corrected chi connectivity index (χ2v) is 5.01. The quantitative estimate of drug-likeness (QED) is 0.748. The van der Waals surface area contributed by atoms with Crippen LogP contribution in [-0.2, 0) is 4.74 Å². The van der Waals surface area contributed by atoms with Crippen molar-refractivity contribution in [3.63, 3.8) is 0 Å². The molecule has 1 fully saturated rings. The van der Waals surface area contributed by atoms with Crippen molar-refractivity contribution in [2.45, 2.75) is 45.0 Å². The fourth-order valence-electron chi connectivity index (χ4n) is 2.18. The number of alkyl halides is 3. The van der Waals surface area contributed by atoms with Crippen molar-refractivity contribution >= 4 is 0 Å². The molecule has 0 aromatic carbocycles. The zero-order valence-electron chi connectivity index (χ0n) is 10.0. The largest absolute Gasteiger partial charge is 0.411 e. The highest BCUT2D eigenvalue weighted by Crippen LogP contribution is 2.25. The Morgan fingerprint density at radius 2 is 2.00 bits per heavy atom.